The van der Waals surface area contributed by atoms with Crippen molar-refractivity contribution in [3.8, 4) is 11.5 Å². The van der Waals surface area contributed by atoms with Crippen molar-refractivity contribution in [2.24, 2.45) is 23.7 Å². The van der Waals surface area contributed by atoms with E-state index in [-0.39, 0.29) is 41.7 Å². The Bertz CT molecular complexity index is 995. The van der Waals surface area contributed by atoms with Crippen molar-refractivity contribution in [2.45, 2.75) is 45.6 Å². The summed E-state index contributed by atoms with van der Waals surface area (Å²) >= 11 is 0. The van der Waals surface area contributed by atoms with E-state index < -0.39 is 0 Å². The van der Waals surface area contributed by atoms with Gasteiger partial charge in [-0.05, 0) is 73.1 Å². The second kappa shape index (κ2) is 7.15. The van der Waals surface area contributed by atoms with Crippen molar-refractivity contribution < 1.29 is 19.1 Å². The lowest BCUT2D eigenvalue weighted by Gasteiger charge is -2.23. The van der Waals surface area contributed by atoms with Crippen LogP contribution in [0.2, 0.25) is 0 Å². The number of rotatable bonds is 5. The van der Waals surface area contributed by atoms with Gasteiger partial charge in [0, 0.05) is 11.6 Å². The Balaban J connectivity index is 1.28. The molecule has 5 rings (SSSR count). The number of fused-ring (bicyclic) bond motifs is 1. The zero-order chi connectivity index (χ0) is 21.0. The number of anilines is 1. The van der Waals surface area contributed by atoms with Gasteiger partial charge in [-0.15, -0.1) is 0 Å². The number of amides is 1. The first-order valence-corrected chi connectivity index (χ1v) is 10.8. The number of carbonyl (C=O) groups is 2. The summed E-state index contributed by atoms with van der Waals surface area (Å²) in [5.41, 5.74) is 3.03. The van der Waals surface area contributed by atoms with Crippen LogP contribution in [0.3, 0.4) is 0 Å². The SMILES string of the molecule is Cc1ccc(C(C)C)c(Oc2ccc(NC(=O)[C@@H]3[C@@H]4C[C@H]5[C@H]3C(=O)O[C@@H]5C4)cc2)c1. The monoisotopic (exact) mass is 405 g/mol. The number of benzene rings is 2. The molecule has 2 aromatic rings. The quantitative estimate of drug-likeness (QED) is 0.707. The molecule has 5 nitrogen and oxygen atoms in total. The maximum absolute atomic E-state index is 12.9. The van der Waals surface area contributed by atoms with Gasteiger partial charge in [-0.2, -0.15) is 0 Å². The standard InChI is InChI=1S/C25H27NO4/c1-13(2)18-9-4-14(3)10-20(18)29-17-7-5-16(6-8-17)26-24(27)22-15-11-19-21(12-15)30-25(28)23(19)22/h4-10,13,15,19,21-23H,11-12H2,1-3H3,(H,26,27)/t15-,19-,21-,22-,23-/m1/s1. The first-order valence-electron chi connectivity index (χ1n) is 10.8. The second-order valence-corrected chi connectivity index (χ2v) is 9.23. The third-order valence-electron chi connectivity index (χ3n) is 6.93. The molecule has 30 heavy (non-hydrogen) atoms. The molecule has 2 bridgehead atoms. The molecule has 0 unspecified atom stereocenters. The van der Waals surface area contributed by atoms with Gasteiger partial charge in [0.15, 0.2) is 0 Å². The highest BCUT2D eigenvalue weighted by atomic mass is 16.6. The molecule has 1 N–H and O–H groups in total. The maximum Gasteiger partial charge on any atom is 0.310 e. The van der Waals surface area contributed by atoms with Crippen LogP contribution < -0.4 is 10.1 Å². The summed E-state index contributed by atoms with van der Waals surface area (Å²) in [5.74, 6) is 1.66. The molecule has 0 aromatic heterocycles. The van der Waals surface area contributed by atoms with E-state index in [0.29, 0.717) is 11.6 Å². The molecule has 0 radical (unpaired) electrons. The van der Waals surface area contributed by atoms with Gasteiger partial charge in [-0.3, -0.25) is 9.59 Å². The van der Waals surface area contributed by atoms with E-state index in [2.05, 4.69) is 31.3 Å². The first-order chi connectivity index (χ1) is 14.4. The largest absolute Gasteiger partial charge is 0.462 e. The third kappa shape index (κ3) is 3.17. The Morgan fingerprint density at radius 3 is 2.63 bits per heavy atom. The first kappa shape index (κ1) is 19.2. The van der Waals surface area contributed by atoms with Crippen LogP contribution in [0.1, 0.15) is 43.7 Å². The molecular formula is C25H27NO4. The molecule has 1 amide bonds. The Labute approximate surface area is 176 Å². The van der Waals surface area contributed by atoms with Gasteiger partial charge in [0.1, 0.15) is 17.6 Å². The smallest absolute Gasteiger partial charge is 0.310 e. The van der Waals surface area contributed by atoms with Crippen molar-refractivity contribution in [2.75, 3.05) is 5.32 Å². The summed E-state index contributed by atoms with van der Waals surface area (Å²) in [5, 5.41) is 3.00. The van der Waals surface area contributed by atoms with E-state index >= 15 is 0 Å². The maximum atomic E-state index is 12.9. The zero-order valence-electron chi connectivity index (χ0n) is 17.6. The molecular weight excluding hydrogens is 378 g/mol. The van der Waals surface area contributed by atoms with Crippen LogP contribution in [0.5, 0.6) is 11.5 Å². The molecule has 1 heterocycles. The highest BCUT2D eigenvalue weighted by molar-refractivity contribution is 5.97. The molecule has 2 aromatic carbocycles. The average molecular weight is 405 g/mol. The Hall–Kier alpha value is -2.82. The van der Waals surface area contributed by atoms with E-state index in [9.17, 15) is 9.59 Å². The van der Waals surface area contributed by atoms with Crippen molar-refractivity contribution in [3.05, 3.63) is 53.6 Å². The van der Waals surface area contributed by atoms with Gasteiger partial charge in [0.2, 0.25) is 5.91 Å². The van der Waals surface area contributed by atoms with Gasteiger partial charge in [-0.25, -0.2) is 0 Å². The van der Waals surface area contributed by atoms with Gasteiger partial charge in [-0.1, -0.05) is 26.0 Å². The lowest BCUT2D eigenvalue weighted by molar-refractivity contribution is -0.145. The van der Waals surface area contributed by atoms with E-state index in [1.54, 1.807) is 0 Å². The van der Waals surface area contributed by atoms with E-state index in [1.807, 2.05) is 37.3 Å². The van der Waals surface area contributed by atoms with Crippen LogP contribution in [0.15, 0.2) is 42.5 Å². The van der Waals surface area contributed by atoms with Gasteiger partial charge in [0.05, 0.1) is 11.8 Å². The predicted octanol–water partition coefficient (Wildman–Crippen LogP) is 5.05. The number of nitrogens with one attached hydrogen (secondary N) is 1. The molecule has 2 saturated carbocycles. The lowest BCUT2D eigenvalue weighted by Crippen LogP contribution is -2.35. The lowest BCUT2D eigenvalue weighted by atomic mass is 9.79. The molecule has 156 valence electrons. The summed E-state index contributed by atoms with van der Waals surface area (Å²) in [6.07, 6.45) is 1.80. The topological polar surface area (TPSA) is 64.6 Å². The molecule has 5 heteroatoms. The van der Waals surface area contributed by atoms with Crippen LogP contribution in [-0.2, 0) is 14.3 Å². The summed E-state index contributed by atoms with van der Waals surface area (Å²) < 4.78 is 11.6. The normalized spacial score (nSPS) is 28.7. The van der Waals surface area contributed by atoms with E-state index in [1.165, 1.54) is 0 Å². The number of aryl methyl sites for hydroxylation is 1. The molecule has 3 aliphatic rings. The highest BCUT2D eigenvalue weighted by Gasteiger charge is 2.63. The highest BCUT2D eigenvalue weighted by Crippen LogP contribution is 2.57. The minimum atomic E-state index is -0.266. The summed E-state index contributed by atoms with van der Waals surface area (Å²) in [4.78, 5) is 25.1. The Morgan fingerprint density at radius 1 is 1.13 bits per heavy atom. The summed E-state index contributed by atoms with van der Waals surface area (Å²) in [7, 11) is 0. The number of carbonyl (C=O) groups excluding carboxylic acids is 2. The second-order valence-electron chi connectivity index (χ2n) is 9.23. The predicted molar refractivity (Wildman–Crippen MR) is 113 cm³/mol. The molecule has 2 aliphatic carbocycles. The fraction of sp³-hybridized carbons (Fsp3) is 0.440. The van der Waals surface area contributed by atoms with Gasteiger partial charge in [0.25, 0.3) is 0 Å². The number of hydrogen-bond donors (Lipinski definition) is 1. The molecule has 1 aliphatic heterocycles. The number of ether oxygens (including phenoxy) is 2. The molecule has 1 saturated heterocycles. The minimum Gasteiger partial charge on any atom is -0.462 e. The number of esters is 1. The summed E-state index contributed by atoms with van der Waals surface area (Å²) in [6, 6.07) is 13.7. The van der Waals surface area contributed by atoms with Crippen LogP contribution >= 0.6 is 0 Å². The molecule has 0 spiro atoms. The van der Waals surface area contributed by atoms with Crippen molar-refractivity contribution in [3.63, 3.8) is 0 Å². The van der Waals surface area contributed by atoms with E-state index in [0.717, 1.165) is 35.5 Å². The Morgan fingerprint density at radius 2 is 1.90 bits per heavy atom. The van der Waals surface area contributed by atoms with Crippen LogP contribution in [0.25, 0.3) is 0 Å². The van der Waals surface area contributed by atoms with Crippen LogP contribution in [0, 0.1) is 30.6 Å². The molecule has 5 atom stereocenters. The average Bonchev–Trinajstić information content (AvgIpc) is 3.32. The van der Waals surface area contributed by atoms with Crippen LogP contribution in [-0.4, -0.2) is 18.0 Å². The van der Waals surface area contributed by atoms with Crippen LogP contribution in [0.4, 0.5) is 5.69 Å². The molecule has 3 fully saturated rings. The zero-order valence-corrected chi connectivity index (χ0v) is 17.6. The van der Waals surface area contributed by atoms with Crippen molar-refractivity contribution in [1.29, 1.82) is 0 Å². The van der Waals surface area contributed by atoms with Crippen molar-refractivity contribution in [1.82, 2.24) is 0 Å². The minimum absolute atomic E-state index is 0.0466. The van der Waals surface area contributed by atoms with Crippen molar-refractivity contribution >= 4 is 17.6 Å². The number of hydrogen-bond acceptors (Lipinski definition) is 4. The Kier molecular flexibility index (Phi) is 4.57. The van der Waals surface area contributed by atoms with Gasteiger partial charge < -0.3 is 14.8 Å². The summed E-state index contributed by atoms with van der Waals surface area (Å²) in [6.45, 7) is 6.34. The fourth-order valence-electron chi connectivity index (χ4n) is 5.53. The van der Waals surface area contributed by atoms with E-state index in [4.69, 9.17) is 9.47 Å². The fourth-order valence-corrected chi connectivity index (χ4v) is 5.53. The van der Waals surface area contributed by atoms with Gasteiger partial charge >= 0.3 is 5.97 Å². The third-order valence-corrected chi connectivity index (χ3v) is 6.93.